The molecular weight excluding hydrogens is 320 g/mol. The summed E-state index contributed by atoms with van der Waals surface area (Å²) >= 11 is 0. The zero-order valence-electron chi connectivity index (χ0n) is 15.8. The average molecular weight is 361 g/mol. The number of amides is 1. The maximum absolute atomic E-state index is 12.1. The van der Waals surface area contributed by atoms with Gasteiger partial charge in [0.05, 0.1) is 0 Å². The molecule has 1 amide bonds. The van der Waals surface area contributed by atoms with E-state index in [2.05, 4.69) is 5.32 Å². The van der Waals surface area contributed by atoms with Gasteiger partial charge < -0.3 is 26.4 Å². The molecule has 0 aromatic carbocycles. The Morgan fingerprint density at radius 2 is 1.28 bits per heavy atom. The first kappa shape index (κ1) is 24.3. The summed E-state index contributed by atoms with van der Waals surface area (Å²) in [5.41, 5.74) is 5.38. The van der Waals surface area contributed by atoms with E-state index in [0.717, 1.165) is 57.9 Å². The number of nitrogens with two attached hydrogens (primary N) is 1. The Hall–Kier alpha value is -0.690. The quantitative estimate of drug-likeness (QED) is 0.239. The van der Waals surface area contributed by atoms with Crippen molar-refractivity contribution in [3.05, 3.63) is 0 Å². The van der Waals surface area contributed by atoms with Crippen LogP contribution in [0.5, 0.6) is 0 Å². The molecule has 0 saturated heterocycles. The van der Waals surface area contributed by atoms with Gasteiger partial charge in [0.15, 0.2) is 0 Å². The fourth-order valence-electron chi connectivity index (χ4n) is 3.43. The lowest BCUT2D eigenvalue weighted by molar-refractivity contribution is -0.121. The molecule has 0 aromatic rings. The van der Waals surface area contributed by atoms with Gasteiger partial charge >= 0.3 is 0 Å². The second-order valence-electron chi connectivity index (χ2n) is 7.03. The van der Waals surface area contributed by atoms with Crippen molar-refractivity contribution in [3.8, 4) is 0 Å². The van der Waals surface area contributed by atoms with E-state index in [0.29, 0.717) is 32.2 Å². The zero-order chi connectivity index (χ0) is 18.8. The Labute approximate surface area is 153 Å². The van der Waals surface area contributed by atoms with E-state index >= 15 is 0 Å². The molecule has 0 aliphatic carbocycles. The van der Waals surface area contributed by atoms with Gasteiger partial charge in [0.1, 0.15) is 0 Å². The minimum Gasteiger partial charge on any atom is -0.396 e. The van der Waals surface area contributed by atoms with Gasteiger partial charge in [-0.15, -0.1) is 0 Å². The number of unbranched alkanes of at least 4 members (excludes halogenated alkanes) is 3. The van der Waals surface area contributed by atoms with Crippen LogP contribution in [0.1, 0.15) is 77.0 Å². The third kappa shape index (κ3) is 13.2. The molecule has 0 spiro atoms. The van der Waals surface area contributed by atoms with Gasteiger partial charge in [0.2, 0.25) is 5.91 Å². The second-order valence-corrected chi connectivity index (χ2v) is 7.03. The molecule has 0 bridgehead atoms. The van der Waals surface area contributed by atoms with Gasteiger partial charge in [0, 0.05) is 32.8 Å². The molecule has 25 heavy (non-hydrogen) atoms. The summed E-state index contributed by atoms with van der Waals surface area (Å²) in [6.07, 6.45) is 9.99. The van der Waals surface area contributed by atoms with Crippen molar-refractivity contribution < 1.29 is 20.1 Å². The van der Waals surface area contributed by atoms with Crippen LogP contribution in [0, 0.1) is 5.41 Å². The highest BCUT2D eigenvalue weighted by molar-refractivity contribution is 5.75. The van der Waals surface area contributed by atoms with E-state index in [4.69, 9.17) is 5.73 Å². The largest absolute Gasteiger partial charge is 0.396 e. The van der Waals surface area contributed by atoms with Crippen molar-refractivity contribution >= 4 is 5.91 Å². The number of hydrogen-bond acceptors (Lipinski definition) is 5. The maximum Gasteiger partial charge on any atom is 0.220 e. The molecule has 0 unspecified atom stereocenters. The molecule has 0 saturated carbocycles. The fraction of sp³-hybridized carbons (Fsp3) is 0.947. The van der Waals surface area contributed by atoms with Gasteiger partial charge in [-0.2, -0.15) is 0 Å². The highest BCUT2D eigenvalue weighted by Crippen LogP contribution is 2.39. The maximum atomic E-state index is 12.1. The molecule has 0 rings (SSSR count). The van der Waals surface area contributed by atoms with Crippen LogP contribution in [-0.4, -0.2) is 54.1 Å². The first-order chi connectivity index (χ1) is 12.1. The lowest BCUT2D eigenvalue weighted by Gasteiger charge is -2.34. The van der Waals surface area contributed by atoms with Crippen LogP contribution in [0.4, 0.5) is 0 Å². The molecule has 0 radical (unpaired) electrons. The third-order valence-corrected chi connectivity index (χ3v) is 4.93. The van der Waals surface area contributed by atoms with Gasteiger partial charge in [0.25, 0.3) is 0 Å². The van der Waals surface area contributed by atoms with Crippen LogP contribution in [0.3, 0.4) is 0 Å². The summed E-state index contributed by atoms with van der Waals surface area (Å²) in [5.74, 6) is 0.0696. The molecule has 0 fully saturated rings. The first-order valence-corrected chi connectivity index (χ1v) is 9.93. The first-order valence-electron chi connectivity index (χ1n) is 9.93. The molecule has 0 aliphatic rings. The van der Waals surface area contributed by atoms with Crippen molar-refractivity contribution in [2.45, 2.75) is 77.0 Å². The van der Waals surface area contributed by atoms with Gasteiger partial charge in [-0.3, -0.25) is 4.79 Å². The van der Waals surface area contributed by atoms with Gasteiger partial charge in [-0.25, -0.2) is 0 Å². The van der Waals surface area contributed by atoms with Crippen LogP contribution in [0.2, 0.25) is 0 Å². The number of carbonyl (C=O) groups is 1. The summed E-state index contributed by atoms with van der Waals surface area (Å²) in [6.45, 7) is 1.84. The summed E-state index contributed by atoms with van der Waals surface area (Å²) in [5, 5.41) is 30.5. The Balaban J connectivity index is 4.33. The van der Waals surface area contributed by atoms with E-state index in [1.54, 1.807) is 0 Å². The van der Waals surface area contributed by atoms with Crippen LogP contribution in [0.15, 0.2) is 0 Å². The second kappa shape index (κ2) is 16.8. The molecule has 0 atom stereocenters. The summed E-state index contributed by atoms with van der Waals surface area (Å²) in [6, 6.07) is 0. The molecule has 150 valence electrons. The minimum absolute atomic E-state index is 0.0696. The summed E-state index contributed by atoms with van der Waals surface area (Å²) in [7, 11) is 0. The van der Waals surface area contributed by atoms with Crippen molar-refractivity contribution in [1.29, 1.82) is 0 Å². The predicted octanol–water partition coefficient (Wildman–Crippen LogP) is 1.71. The lowest BCUT2D eigenvalue weighted by atomic mass is 9.72. The summed E-state index contributed by atoms with van der Waals surface area (Å²) in [4.78, 5) is 12.1. The standard InChI is InChI=1S/C19H40N2O4/c20-13-3-1-2-4-14-21-18(25)8-12-19(9-5-15-22,10-6-16-23)11-7-17-24/h22-24H,1-17,20H2,(H,21,25). The van der Waals surface area contributed by atoms with Crippen LogP contribution in [0.25, 0.3) is 0 Å². The van der Waals surface area contributed by atoms with Crippen molar-refractivity contribution in [2.24, 2.45) is 11.1 Å². The van der Waals surface area contributed by atoms with Crippen molar-refractivity contribution in [3.63, 3.8) is 0 Å². The van der Waals surface area contributed by atoms with E-state index in [1.165, 1.54) is 0 Å². The van der Waals surface area contributed by atoms with Crippen molar-refractivity contribution in [1.82, 2.24) is 5.32 Å². The van der Waals surface area contributed by atoms with E-state index in [9.17, 15) is 20.1 Å². The molecule has 6 nitrogen and oxygen atoms in total. The van der Waals surface area contributed by atoms with Crippen molar-refractivity contribution in [2.75, 3.05) is 32.9 Å². The number of aliphatic hydroxyl groups excluding tert-OH is 3. The average Bonchev–Trinajstić information content (AvgIpc) is 2.63. The zero-order valence-corrected chi connectivity index (χ0v) is 15.8. The highest BCUT2D eigenvalue weighted by Gasteiger charge is 2.29. The topological polar surface area (TPSA) is 116 Å². The Morgan fingerprint density at radius 3 is 1.76 bits per heavy atom. The van der Waals surface area contributed by atoms with E-state index in [1.807, 2.05) is 0 Å². The minimum atomic E-state index is -0.0767. The molecule has 0 heterocycles. The Bertz CT molecular complexity index is 292. The number of carbonyl (C=O) groups excluding carboxylic acids is 1. The van der Waals surface area contributed by atoms with Crippen LogP contribution < -0.4 is 11.1 Å². The SMILES string of the molecule is NCCCCCCNC(=O)CCC(CCCO)(CCCO)CCCO. The Kier molecular flexibility index (Phi) is 16.3. The van der Waals surface area contributed by atoms with E-state index < -0.39 is 0 Å². The number of aliphatic hydroxyl groups is 3. The van der Waals surface area contributed by atoms with Crippen LogP contribution in [-0.2, 0) is 4.79 Å². The Morgan fingerprint density at radius 1 is 0.760 bits per heavy atom. The third-order valence-electron chi connectivity index (χ3n) is 4.93. The molecular formula is C19H40N2O4. The smallest absolute Gasteiger partial charge is 0.220 e. The van der Waals surface area contributed by atoms with Crippen LogP contribution >= 0.6 is 0 Å². The fourth-order valence-corrected chi connectivity index (χ4v) is 3.43. The molecule has 6 heteroatoms. The summed E-state index contributed by atoms with van der Waals surface area (Å²) < 4.78 is 0. The normalized spacial score (nSPS) is 11.7. The molecule has 6 N–H and O–H groups in total. The molecule has 0 aromatic heterocycles. The monoisotopic (exact) mass is 360 g/mol. The highest BCUT2D eigenvalue weighted by atomic mass is 16.3. The van der Waals surface area contributed by atoms with Gasteiger partial charge in [-0.05, 0) is 69.7 Å². The number of nitrogens with one attached hydrogen (secondary N) is 1. The van der Waals surface area contributed by atoms with E-state index in [-0.39, 0.29) is 31.1 Å². The lowest BCUT2D eigenvalue weighted by Crippen LogP contribution is -2.29. The predicted molar refractivity (Wildman–Crippen MR) is 101 cm³/mol. The van der Waals surface area contributed by atoms with Gasteiger partial charge in [-0.1, -0.05) is 12.8 Å². The number of hydrogen-bond donors (Lipinski definition) is 5. The molecule has 0 aliphatic heterocycles. The number of rotatable bonds is 18.